The molecule has 4 aromatic rings. The number of unbranched alkanes of at least 4 members (excludes halogenated alkanes) is 3. The number of carboxylic acid groups (broad SMARTS) is 2. The van der Waals surface area contributed by atoms with Gasteiger partial charge in [-0.2, -0.15) is 9.15 Å². The van der Waals surface area contributed by atoms with Crippen LogP contribution < -0.4 is 9.80 Å². The maximum Gasteiger partial charge on any atom is 0.307 e. The smallest absolute Gasteiger partial charge is 0.307 e. The maximum absolute atomic E-state index is 11.4. The molecule has 0 saturated carbocycles. The zero-order valence-corrected chi connectivity index (χ0v) is 52.1. The molecule has 0 saturated heterocycles. The summed E-state index contributed by atoms with van der Waals surface area (Å²) in [5.41, 5.74) is 13.1. The summed E-state index contributed by atoms with van der Waals surface area (Å²) in [6, 6.07) is 28.0. The lowest BCUT2D eigenvalue weighted by atomic mass is 9.81. The van der Waals surface area contributed by atoms with Crippen LogP contribution in [-0.4, -0.2) is 126 Å². The molecule has 0 unspecified atom stereocenters. The largest absolute Gasteiger partial charge is 0.773 e. The Morgan fingerprint density at radius 2 is 0.917 bits per heavy atom. The Balaban J connectivity index is 0.000000243. The zero-order valence-electron chi connectivity index (χ0n) is 49.6. The molecule has 4 aliphatic rings. The molecule has 0 bridgehead atoms. The number of nitrogens with zero attached hydrogens (tertiary/aromatic N) is 4. The van der Waals surface area contributed by atoms with E-state index in [0.29, 0.717) is 57.3 Å². The topological polar surface area (TPSA) is 265 Å². The van der Waals surface area contributed by atoms with Crippen molar-refractivity contribution in [2.24, 2.45) is 0 Å². The number of hydrogen-bond acceptors (Lipinski definition) is 13. The number of fused-ring (bicyclic) bond motifs is 4. The minimum Gasteiger partial charge on any atom is -0.773 e. The first kappa shape index (κ1) is 65.3. The van der Waals surface area contributed by atoms with Crippen LogP contribution in [0.2, 0.25) is 0 Å². The third-order valence-corrected chi connectivity index (χ3v) is 19.0. The van der Waals surface area contributed by atoms with Gasteiger partial charge in [-0.05, 0) is 107 Å². The molecule has 0 atom stereocenters. The number of benzene rings is 4. The van der Waals surface area contributed by atoms with Crippen LogP contribution in [0.1, 0.15) is 134 Å². The molecular formula is C64H81N4O13S3-. The summed E-state index contributed by atoms with van der Waals surface area (Å²) in [6.07, 6.45) is 15.0. The van der Waals surface area contributed by atoms with E-state index in [-0.39, 0.29) is 47.0 Å². The van der Waals surface area contributed by atoms with Gasteiger partial charge in [0.1, 0.15) is 13.1 Å². The van der Waals surface area contributed by atoms with Crippen molar-refractivity contribution in [2.45, 2.75) is 135 Å². The van der Waals surface area contributed by atoms with Gasteiger partial charge in [0.05, 0.1) is 43.9 Å². The molecule has 0 fully saturated rings. The Morgan fingerprint density at radius 3 is 1.31 bits per heavy atom. The third-order valence-electron chi connectivity index (χ3n) is 16.6. The van der Waals surface area contributed by atoms with Crippen molar-refractivity contribution in [3.05, 3.63) is 166 Å². The van der Waals surface area contributed by atoms with E-state index in [0.717, 1.165) is 74.4 Å². The van der Waals surface area contributed by atoms with E-state index in [1.54, 1.807) is 0 Å². The van der Waals surface area contributed by atoms with Crippen molar-refractivity contribution in [3.8, 4) is 0 Å². The monoisotopic (exact) mass is 1210 g/mol. The average molecular weight is 1210 g/mol. The van der Waals surface area contributed by atoms with Gasteiger partial charge in [-0.15, -0.1) is 10.9 Å². The Labute approximate surface area is 497 Å². The fraction of sp³-hybridized carbons (Fsp3) is 0.438. The second kappa shape index (κ2) is 25.8. The van der Waals surface area contributed by atoms with Crippen LogP contribution >= 0.6 is 10.9 Å². The predicted molar refractivity (Wildman–Crippen MR) is 330 cm³/mol. The van der Waals surface area contributed by atoms with E-state index >= 15 is 0 Å². The second-order valence-corrected chi connectivity index (χ2v) is 28.8. The highest BCUT2D eigenvalue weighted by molar-refractivity contribution is 8.19. The van der Waals surface area contributed by atoms with Gasteiger partial charge in [-0.1, -0.05) is 101 Å². The number of para-hydroxylation sites is 2. The Kier molecular flexibility index (Phi) is 20.0. The van der Waals surface area contributed by atoms with E-state index in [2.05, 4.69) is 124 Å². The van der Waals surface area contributed by atoms with Crippen LogP contribution in [0.25, 0.3) is 0 Å². The number of hydrogen-bond donors (Lipinski definition) is 4. The molecule has 20 heteroatoms. The van der Waals surface area contributed by atoms with E-state index < -0.39 is 54.2 Å². The SMILES string of the molecule is CC1(C)C(=CC=CC2=[N+](CCCCS(=O)(=O)[O-])c3ccccc3C2(C)C)N(CCCCS([O-])(O)O)c2ccc(CC(=O)O)cc21.CCN1C(=CC=CC2=[N+](CCCCS(=O)(=O)[O-])c3ccccc3C2(C)C)C(C)(C)c2cc(CC(=O)O)ccc21. The van der Waals surface area contributed by atoms with Crippen molar-refractivity contribution in [2.75, 3.05) is 53.2 Å². The van der Waals surface area contributed by atoms with Gasteiger partial charge in [-0.25, -0.2) is 16.8 Å². The van der Waals surface area contributed by atoms with Crippen LogP contribution in [0.15, 0.2) is 133 Å². The molecule has 0 aromatic heterocycles. The lowest BCUT2D eigenvalue weighted by molar-refractivity contribution is -0.438. The van der Waals surface area contributed by atoms with Gasteiger partial charge in [0, 0.05) is 112 Å². The van der Waals surface area contributed by atoms with Gasteiger partial charge in [-0.3, -0.25) is 9.59 Å². The number of carboxylic acids is 2. The number of aliphatic carboxylic acids is 2. The van der Waals surface area contributed by atoms with E-state index in [1.807, 2.05) is 78.9 Å². The number of rotatable bonds is 24. The fourth-order valence-electron chi connectivity index (χ4n) is 12.5. The molecule has 4 N–H and O–H groups in total. The summed E-state index contributed by atoms with van der Waals surface area (Å²) in [5, 5.41) is 18.6. The third kappa shape index (κ3) is 15.0. The summed E-state index contributed by atoms with van der Waals surface area (Å²) in [5.74, 6) is -2.70. The van der Waals surface area contributed by atoms with Crippen molar-refractivity contribution in [1.82, 2.24) is 0 Å². The Morgan fingerprint density at radius 1 is 0.524 bits per heavy atom. The van der Waals surface area contributed by atoms with Crippen molar-refractivity contribution < 1.29 is 68.6 Å². The predicted octanol–water partition coefficient (Wildman–Crippen LogP) is 11.2. The zero-order chi connectivity index (χ0) is 61.8. The summed E-state index contributed by atoms with van der Waals surface area (Å²) in [4.78, 5) is 27.2. The van der Waals surface area contributed by atoms with Gasteiger partial charge in [0.2, 0.25) is 11.4 Å². The maximum atomic E-state index is 11.4. The number of allylic oxidation sites excluding steroid dienone is 8. The van der Waals surface area contributed by atoms with Crippen LogP contribution in [0.3, 0.4) is 0 Å². The number of anilines is 2. The quantitative estimate of drug-likeness (QED) is 0.0289. The molecular weight excluding hydrogens is 1130 g/mol. The van der Waals surface area contributed by atoms with Crippen LogP contribution in [0.5, 0.6) is 0 Å². The highest BCUT2D eigenvalue weighted by Crippen LogP contribution is 2.50. The van der Waals surface area contributed by atoms with Gasteiger partial charge >= 0.3 is 11.9 Å². The van der Waals surface area contributed by atoms with E-state index in [4.69, 9.17) is 0 Å². The molecule has 4 heterocycles. The first-order chi connectivity index (χ1) is 39.2. The van der Waals surface area contributed by atoms with Crippen molar-refractivity contribution >= 4 is 77.2 Å². The molecule has 0 radical (unpaired) electrons. The standard InChI is InChI=1S/C33H44N2O8S2.C31H38N2O5S/c1-32(2)25-12-5-6-13-27(25)34(18-7-9-20-44(38,39)40)29(32)14-11-15-30-33(3,4)26-22-24(23-31(36)37)16-17-28(26)35(30)19-8-10-21-45(41,42)43;1-6-32-26-17-16-22(21-29(34)35)20-24(26)31(4,5)27(32)14-11-15-28-30(2,3)23-12-7-8-13-25(23)33(28)18-9-10-19-39(36,37)38/h5-6,11-17,22H,7-10,18-21,23H2,1-4H3,(H4-,36,37,38,39,40,41,42,43);7-8,11-17,20H,6,9-10,18-19,21H2,1-5H3,(H-,34,35,36,37,38)/p-1. The first-order valence-corrected chi connectivity index (χ1v) is 33.3. The minimum absolute atomic E-state index is 0.00101. The fourth-order valence-corrected chi connectivity index (χ4v) is 14.2. The Bertz CT molecular complexity index is 3590. The van der Waals surface area contributed by atoms with Crippen molar-refractivity contribution in [1.29, 1.82) is 0 Å². The molecule has 4 aromatic carbocycles. The molecule has 454 valence electrons. The summed E-state index contributed by atoms with van der Waals surface area (Å²) < 4.78 is 101. The summed E-state index contributed by atoms with van der Waals surface area (Å²) in [7, 11) is -12.3. The second-order valence-electron chi connectivity index (χ2n) is 24.1. The molecule has 84 heavy (non-hydrogen) atoms. The normalized spacial score (nSPS) is 18.6. The van der Waals surface area contributed by atoms with E-state index in [1.165, 1.54) is 5.56 Å². The molecule has 8 rings (SSSR count). The number of carbonyl (C=O) groups is 2. The van der Waals surface area contributed by atoms with Crippen molar-refractivity contribution in [3.63, 3.8) is 0 Å². The molecule has 4 aliphatic heterocycles. The Hall–Kier alpha value is -6.23. The van der Waals surface area contributed by atoms with Gasteiger partial charge in [0.25, 0.3) is 0 Å². The lowest BCUT2D eigenvalue weighted by Gasteiger charge is -2.33. The van der Waals surface area contributed by atoms with E-state index in [9.17, 15) is 59.4 Å². The molecule has 0 spiro atoms. The van der Waals surface area contributed by atoms with Gasteiger partial charge < -0.3 is 42.8 Å². The molecule has 0 amide bonds. The highest BCUT2D eigenvalue weighted by atomic mass is 32.3. The summed E-state index contributed by atoms with van der Waals surface area (Å²) >= 11 is 0. The average Bonchev–Trinajstić information content (AvgIpc) is 1.80. The highest BCUT2D eigenvalue weighted by Gasteiger charge is 2.46. The summed E-state index contributed by atoms with van der Waals surface area (Å²) in [6.45, 7) is 21.8. The molecule has 0 aliphatic carbocycles. The van der Waals surface area contributed by atoms with Crippen LogP contribution in [0, 0.1) is 0 Å². The van der Waals surface area contributed by atoms with Crippen LogP contribution in [0.4, 0.5) is 22.7 Å². The number of likely N-dealkylation sites (N-methyl/N-ethyl adjacent to an activating group) is 1. The lowest BCUT2D eigenvalue weighted by Crippen LogP contribution is -2.28. The molecule has 17 nitrogen and oxygen atoms in total. The van der Waals surface area contributed by atoms with Gasteiger partial charge in [0.15, 0.2) is 11.4 Å². The van der Waals surface area contributed by atoms with Crippen LogP contribution in [-0.2, 0) is 64.3 Å². The minimum atomic E-state index is -4.27. The first-order valence-electron chi connectivity index (χ1n) is 28.5.